The molecular formula is C15H11F3N2O. The minimum absolute atomic E-state index is 0.0227. The van der Waals surface area contributed by atoms with E-state index in [0.717, 1.165) is 6.07 Å². The number of nitrogens with zero attached hydrogens (tertiary/aromatic N) is 2. The van der Waals surface area contributed by atoms with E-state index in [9.17, 15) is 13.2 Å². The van der Waals surface area contributed by atoms with Crippen molar-refractivity contribution >= 4 is 5.52 Å². The maximum atomic E-state index is 13.2. The van der Waals surface area contributed by atoms with Gasteiger partial charge in [-0.25, -0.2) is 4.98 Å². The van der Waals surface area contributed by atoms with Gasteiger partial charge in [0.2, 0.25) is 0 Å². The Hall–Kier alpha value is -2.50. The lowest BCUT2D eigenvalue weighted by Gasteiger charge is -2.13. The number of fused-ring (bicyclic) bond motifs is 1. The Morgan fingerprint density at radius 3 is 2.52 bits per heavy atom. The van der Waals surface area contributed by atoms with Crippen LogP contribution in [0.5, 0.6) is 5.88 Å². The number of halogens is 3. The Morgan fingerprint density at radius 2 is 1.81 bits per heavy atom. The minimum Gasteiger partial charge on any atom is -0.482 e. The van der Waals surface area contributed by atoms with Crippen molar-refractivity contribution in [3.8, 4) is 17.3 Å². The second-order valence-corrected chi connectivity index (χ2v) is 4.45. The molecule has 0 saturated carbocycles. The number of alkyl halides is 3. The molecule has 1 aromatic carbocycles. The van der Waals surface area contributed by atoms with Crippen molar-refractivity contribution in [1.82, 2.24) is 9.38 Å². The standard InChI is InChI=1S/C15H11F3N2O/c1-21-13-8-4-5-10-9-19-14(20(10)13)11-6-2-3-7-12(11)15(16,17)18/h2-9H,1H3. The monoisotopic (exact) mass is 292 g/mol. The number of hydrogen-bond acceptors (Lipinski definition) is 2. The average molecular weight is 292 g/mol. The molecule has 0 aliphatic heterocycles. The second-order valence-electron chi connectivity index (χ2n) is 4.45. The van der Waals surface area contributed by atoms with Crippen LogP contribution in [0.4, 0.5) is 13.2 Å². The maximum absolute atomic E-state index is 13.2. The molecule has 108 valence electrons. The van der Waals surface area contributed by atoms with Gasteiger partial charge in [-0.3, -0.25) is 4.40 Å². The van der Waals surface area contributed by atoms with Crippen LogP contribution in [0.25, 0.3) is 16.9 Å². The predicted octanol–water partition coefficient (Wildman–Crippen LogP) is 4.03. The molecule has 0 aliphatic rings. The van der Waals surface area contributed by atoms with Gasteiger partial charge in [0.1, 0.15) is 5.82 Å². The Labute approximate surface area is 118 Å². The smallest absolute Gasteiger partial charge is 0.417 e. The highest BCUT2D eigenvalue weighted by atomic mass is 19.4. The van der Waals surface area contributed by atoms with Crippen molar-refractivity contribution in [1.29, 1.82) is 0 Å². The van der Waals surface area contributed by atoms with Crippen LogP contribution in [0.3, 0.4) is 0 Å². The highest BCUT2D eigenvalue weighted by molar-refractivity contribution is 5.67. The number of benzene rings is 1. The van der Waals surface area contributed by atoms with Crippen LogP contribution in [0.1, 0.15) is 5.56 Å². The normalized spacial score (nSPS) is 11.8. The molecule has 3 nitrogen and oxygen atoms in total. The average Bonchev–Trinajstić information content (AvgIpc) is 2.90. The predicted molar refractivity (Wildman–Crippen MR) is 72.2 cm³/mol. The van der Waals surface area contributed by atoms with Crippen molar-refractivity contribution in [2.75, 3.05) is 7.11 Å². The fraction of sp³-hybridized carbons (Fsp3) is 0.133. The zero-order valence-electron chi connectivity index (χ0n) is 11.1. The van der Waals surface area contributed by atoms with Gasteiger partial charge in [0.15, 0.2) is 5.88 Å². The number of methoxy groups -OCH3 is 1. The van der Waals surface area contributed by atoms with Crippen LogP contribution < -0.4 is 4.74 Å². The van der Waals surface area contributed by atoms with E-state index in [0.29, 0.717) is 11.4 Å². The lowest BCUT2D eigenvalue weighted by Crippen LogP contribution is -2.08. The van der Waals surface area contributed by atoms with E-state index in [1.54, 1.807) is 28.7 Å². The van der Waals surface area contributed by atoms with Crippen molar-refractivity contribution in [2.24, 2.45) is 0 Å². The molecule has 0 N–H and O–H groups in total. The van der Waals surface area contributed by atoms with Crippen LogP contribution in [0.15, 0.2) is 48.7 Å². The molecule has 0 radical (unpaired) electrons. The first-order valence-corrected chi connectivity index (χ1v) is 6.19. The molecule has 0 atom stereocenters. The third kappa shape index (κ3) is 2.22. The summed E-state index contributed by atoms with van der Waals surface area (Å²) in [6.07, 6.45) is -2.92. The van der Waals surface area contributed by atoms with E-state index in [1.165, 1.54) is 25.4 Å². The molecular weight excluding hydrogens is 281 g/mol. The summed E-state index contributed by atoms with van der Waals surface area (Å²) in [5.74, 6) is 0.632. The van der Waals surface area contributed by atoms with Crippen molar-refractivity contribution in [2.45, 2.75) is 6.18 Å². The summed E-state index contributed by atoms with van der Waals surface area (Å²) in [6, 6.07) is 10.6. The number of ether oxygens (including phenoxy) is 1. The van der Waals surface area contributed by atoms with Crippen molar-refractivity contribution in [3.05, 3.63) is 54.2 Å². The number of hydrogen-bond donors (Lipinski definition) is 0. The van der Waals surface area contributed by atoms with Gasteiger partial charge in [-0.1, -0.05) is 24.3 Å². The summed E-state index contributed by atoms with van der Waals surface area (Å²) in [4.78, 5) is 4.13. The number of pyridine rings is 1. The molecule has 0 unspecified atom stereocenters. The SMILES string of the molecule is COc1cccc2cnc(-c3ccccc3C(F)(F)F)n12. The van der Waals surface area contributed by atoms with Gasteiger partial charge in [-0.2, -0.15) is 13.2 Å². The molecule has 0 saturated heterocycles. The first-order valence-electron chi connectivity index (χ1n) is 6.19. The molecule has 2 aromatic heterocycles. The molecule has 0 bridgehead atoms. The van der Waals surface area contributed by atoms with Crippen LogP contribution in [-0.2, 0) is 6.18 Å². The molecule has 0 aliphatic carbocycles. The lowest BCUT2D eigenvalue weighted by atomic mass is 10.1. The molecule has 2 heterocycles. The highest BCUT2D eigenvalue weighted by Gasteiger charge is 2.34. The molecule has 6 heteroatoms. The Balaban J connectivity index is 2.32. The van der Waals surface area contributed by atoms with Gasteiger partial charge >= 0.3 is 6.18 Å². The molecule has 0 fully saturated rings. The van der Waals surface area contributed by atoms with Gasteiger partial charge in [0.05, 0.1) is 24.4 Å². The zero-order valence-corrected chi connectivity index (χ0v) is 11.1. The van der Waals surface area contributed by atoms with Gasteiger partial charge in [-0.05, 0) is 18.2 Å². The van der Waals surface area contributed by atoms with Crippen molar-refractivity contribution in [3.63, 3.8) is 0 Å². The number of aromatic nitrogens is 2. The first-order chi connectivity index (χ1) is 10.0. The number of rotatable bonds is 2. The van der Waals surface area contributed by atoms with Gasteiger partial charge in [0.25, 0.3) is 0 Å². The Kier molecular flexibility index (Phi) is 3.08. The minimum atomic E-state index is -4.44. The second kappa shape index (κ2) is 4.80. The molecule has 3 rings (SSSR count). The maximum Gasteiger partial charge on any atom is 0.417 e. The highest BCUT2D eigenvalue weighted by Crippen LogP contribution is 2.37. The Bertz CT molecular complexity index is 793. The number of imidazole rings is 1. The third-order valence-corrected chi connectivity index (χ3v) is 3.20. The van der Waals surface area contributed by atoms with E-state index in [1.807, 2.05) is 0 Å². The molecule has 21 heavy (non-hydrogen) atoms. The topological polar surface area (TPSA) is 26.5 Å². The van der Waals surface area contributed by atoms with Crippen molar-refractivity contribution < 1.29 is 17.9 Å². The third-order valence-electron chi connectivity index (χ3n) is 3.20. The summed E-state index contributed by atoms with van der Waals surface area (Å²) < 4.78 is 46.2. The van der Waals surface area contributed by atoms with E-state index in [2.05, 4.69) is 4.98 Å². The lowest BCUT2D eigenvalue weighted by molar-refractivity contribution is -0.137. The van der Waals surface area contributed by atoms with Gasteiger partial charge in [0, 0.05) is 5.56 Å². The fourth-order valence-electron chi connectivity index (χ4n) is 2.29. The van der Waals surface area contributed by atoms with E-state index < -0.39 is 11.7 Å². The molecule has 0 amide bonds. The summed E-state index contributed by atoms with van der Waals surface area (Å²) in [7, 11) is 1.47. The summed E-state index contributed by atoms with van der Waals surface area (Å²) >= 11 is 0. The summed E-state index contributed by atoms with van der Waals surface area (Å²) in [5.41, 5.74) is -0.0285. The molecule has 0 spiro atoms. The van der Waals surface area contributed by atoms with Gasteiger partial charge in [-0.15, -0.1) is 0 Å². The van der Waals surface area contributed by atoms with Crippen LogP contribution in [0.2, 0.25) is 0 Å². The van der Waals surface area contributed by atoms with E-state index >= 15 is 0 Å². The largest absolute Gasteiger partial charge is 0.482 e. The van der Waals surface area contributed by atoms with Crippen LogP contribution in [0, 0.1) is 0 Å². The summed E-state index contributed by atoms with van der Waals surface area (Å²) in [5, 5.41) is 0. The van der Waals surface area contributed by atoms with Gasteiger partial charge < -0.3 is 4.74 Å². The van der Waals surface area contributed by atoms with Crippen LogP contribution >= 0.6 is 0 Å². The van der Waals surface area contributed by atoms with E-state index in [4.69, 9.17) is 4.74 Å². The van der Waals surface area contributed by atoms with E-state index in [-0.39, 0.29) is 11.4 Å². The fourth-order valence-corrected chi connectivity index (χ4v) is 2.29. The Morgan fingerprint density at radius 1 is 1.05 bits per heavy atom. The quantitative estimate of drug-likeness (QED) is 0.713. The first kappa shape index (κ1) is 13.5. The summed E-state index contributed by atoms with van der Waals surface area (Å²) in [6.45, 7) is 0. The zero-order chi connectivity index (χ0) is 15.0. The van der Waals surface area contributed by atoms with Crippen LogP contribution in [-0.4, -0.2) is 16.5 Å². The molecule has 3 aromatic rings.